The zero-order valence-corrected chi connectivity index (χ0v) is 25.3. The third kappa shape index (κ3) is 6.17. The standard InChI is InChI=1S/C34H25F3N6O3S/c35-34(36,37)23-7-3-5-20(15-23)17-43-18-22(16-38-43)24-11-12-29(40-30(24)32(45)46)42-14-13-21-6-4-8-25(26(21)19-42)31(44)41-33-39-27-9-1-2-10-28(27)47-33/h1-12,15-16,18H,13-14,17,19H2,(H,45,46)(H,39,41,44). The number of carbonyl (C=O) groups excluding carboxylic acids is 1. The number of hydrogen-bond donors (Lipinski definition) is 2. The van der Waals surface area contributed by atoms with Crippen LogP contribution < -0.4 is 10.2 Å². The molecule has 1 aliphatic heterocycles. The van der Waals surface area contributed by atoms with Crippen LogP contribution >= 0.6 is 11.3 Å². The third-order valence-corrected chi connectivity index (χ3v) is 8.93. The summed E-state index contributed by atoms with van der Waals surface area (Å²) >= 11 is 1.40. The fourth-order valence-electron chi connectivity index (χ4n) is 5.72. The third-order valence-electron chi connectivity index (χ3n) is 7.98. The molecule has 1 aliphatic rings. The number of para-hydroxylation sites is 1. The van der Waals surface area contributed by atoms with Crippen molar-refractivity contribution in [1.29, 1.82) is 0 Å². The maximum Gasteiger partial charge on any atom is 0.416 e. The molecule has 1 amide bonds. The van der Waals surface area contributed by atoms with Crippen molar-refractivity contribution in [3.63, 3.8) is 0 Å². The van der Waals surface area contributed by atoms with Gasteiger partial charge in [0.15, 0.2) is 10.8 Å². The Morgan fingerprint density at radius 1 is 0.979 bits per heavy atom. The zero-order chi connectivity index (χ0) is 32.7. The molecule has 0 fully saturated rings. The van der Waals surface area contributed by atoms with Gasteiger partial charge >= 0.3 is 12.1 Å². The topological polar surface area (TPSA) is 113 Å². The van der Waals surface area contributed by atoms with E-state index in [4.69, 9.17) is 0 Å². The lowest BCUT2D eigenvalue weighted by Gasteiger charge is -2.31. The average Bonchev–Trinajstić information content (AvgIpc) is 3.70. The van der Waals surface area contributed by atoms with Gasteiger partial charge in [-0.05, 0) is 65.6 Å². The molecule has 2 N–H and O–H groups in total. The number of nitrogens with zero attached hydrogens (tertiary/aromatic N) is 5. The fraction of sp³-hybridized carbons (Fsp3) is 0.147. The lowest BCUT2D eigenvalue weighted by atomic mass is 9.94. The summed E-state index contributed by atoms with van der Waals surface area (Å²) in [4.78, 5) is 36.7. The molecule has 7 rings (SSSR count). The van der Waals surface area contributed by atoms with E-state index in [-0.39, 0.29) is 18.1 Å². The van der Waals surface area contributed by atoms with Crippen molar-refractivity contribution in [3.8, 4) is 11.1 Å². The molecule has 0 aliphatic carbocycles. The van der Waals surface area contributed by atoms with Crippen LogP contribution in [0.15, 0.2) is 91.3 Å². The summed E-state index contributed by atoms with van der Waals surface area (Å²) in [7, 11) is 0. The van der Waals surface area contributed by atoms with E-state index < -0.39 is 17.7 Å². The second kappa shape index (κ2) is 12.0. The molecule has 6 aromatic rings. The Kier molecular flexibility index (Phi) is 7.68. The number of hydrogen-bond acceptors (Lipinski definition) is 7. The van der Waals surface area contributed by atoms with Gasteiger partial charge in [0.2, 0.25) is 0 Å². The summed E-state index contributed by atoms with van der Waals surface area (Å²) in [6, 6.07) is 21.6. The van der Waals surface area contributed by atoms with E-state index in [1.54, 1.807) is 30.5 Å². The number of carbonyl (C=O) groups is 2. The smallest absolute Gasteiger partial charge is 0.416 e. The van der Waals surface area contributed by atoms with Crippen LogP contribution in [-0.4, -0.2) is 43.3 Å². The number of thiazole rings is 1. The Morgan fingerprint density at radius 3 is 2.62 bits per heavy atom. The van der Waals surface area contributed by atoms with Gasteiger partial charge in [0, 0.05) is 36.0 Å². The maximum absolute atomic E-state index is 13.4. The lowest BCUT2D eigenvalue weighted by molar-refractivity contribution is -0.137. The first-order chi connectivity index (χ1) is 22.6. The summed E-state index contributed by atoms with van der Waals surface area (Å²) in [6.45, 7) is 0.981. The Balaban J connectivity index is 1.12. The van der Waals surface area contributed by atoms with Crippen molar-refractivity contribution < 1.29 is 27.9 Å². The SMILES string of the molecule is O=C(Nc1nc2ccccc2s1)c1cccc2c1CN(c1ccc(-c3cnn(Cc4cccc(C(F)(F)F)c4)c3)c(C(=O)O)n1)CC2. The first-order valence-electron chi connectivity index (χ1n) is 14.6. The number of carboxylic acid groups (broad SMARTS) is 1. The maximum atomic E-state index is 13.4. The van der Waals surface area contributed by atoms with Crippen LogP contribution in [0.25, 0.3) is 21.3 Å². The molecule has 47 heavy (non-hydrogen) atoms. The Morgan fingerprint density at radius 2 is 1.81 bits per heavy atom. The van der Waals surface area contributed by atoms with Crippen molar-refractivity contribution in [1.82, 2.24) is 19.7 Å². The molecular formula is C34H25F3N6O3S. The van der Waals surface area contributed by atoms with Gasteiger partial charge in [0.05, 0.1) is 28.5 Å². The van der Waals surface area contributed by atoms with Gasteiger partial charge in [0.1, 0.15) is 5.82 Å². The number of benzene rings is 3. The number of fused-ring (bicyclic) bond motifs is 2. The van der Waals surface area contributed by atoms with Crippen molar-refractivity contribution in [3.05, 3.63) is 125 Å². The quantitative estimate of drug-likeness (QED) is 0.188. The summed E-state index contributed by atoms with van der Waals surface area (Å²) < 4.78 is 41.9. The summed E-state index contributed by atoms with van der Waals surface area (Å²) in [5.74, 6) is -1.07. The highest BCUT2D eigenvalue weighted by Gasteiger charge is 2.30. The Bertz CT molecular complexity index is 2130. The highest BCUT2D eigenvalue weighted by atomic mass is 32.1. The first-order valence-corrected chi connectivity index (χ1v) is 15.4. The minimum Gasteiger partial charge on any atom is -0.476 e. The van der Waals surface area contributed by atoms with E-state index >= 15 is 0 Å². The van der Waals surface area contributed by atoms with E-state index in [9.17, 15) is 27.9 Å². The number of aromatic nitrogens is 4. The molecule has 0 saturated heterocycles. The molecule has 13 heteroatoms. The second-order valence-corrected chi connectivity index (χ2v) is 12.1. The normalized spacial score (nSPS) is 13.0. The summed E-state index contributed by atoms with van der Waals surface area (Å²) in [5, 5.41) is 17.8. The van der Waals surface area contributed by atoms with Crippen LogP contribution in [0.3, 0.4) is 0 Å². The van der Waals surface area contributed by atoms with Gasteiger partial charge in [-0.1, -0.05) is 47.7 Å². The lowest BCUT2D eigenvalue weighted by Crippen LogP contribution is -2.33. The minimum atomic E-state index is -4.46. The molecule has 0 unspecified atom stereocenters. The first kappa shape index (κ1) is 30.1. The minimum absolute atomic E-state index is 0.0693. The van der Waals surface area contributed by atoms with Crippen molar-refractivity contribution in [2.45, 2.75) is 25.7 Å². The summed E-state index contributed by atoms with van der Waals surface area (Å²) in [6.07, 6.45) is -0.788. The van der Waals surface area contributed by atoms with Crippen LogP contribution in [0.4, 0.5) is 24.1 Å². The van der Waals surface area contributed by atoms with Crippen LogP contribution in [0.2, 0.25) is 0 Å². The Hall–Kier alpha value is -5.56. The molecule has 0 spiro atoms. The molecule has 0 radical (unpaired) electrons. The molecule has 236 valence electrons. The van der Waals surface area contributed by atoms with E-state index in [1.807, 2.05) is 41.3 Å². The second-order valence-electron chi connectivity index (χ2n) is 11.1. The highest BCUT2D eigenvalue weighted by Crippen LogP contribution is 2.32. The number of anilines is 2. The van der Waals surface area contributed by atoms with Crippen LogP contribution in [-0.2, 0) is 25.7 Å². The van der Waals surface area contributed by atoms with Gasteiger partial charge in [0.25, 0.3) is 5.91 Å². The number of aromatic carboxylic acids is 1. The molecular weight excluding hydrogens is 629 g/mol. The number of nitrogens with one attached hydrogen (secondary N) is 1. The van der Waals surface area contributed by atoms with Crippen molar-refractivity contribution >= 4 is 44.4 Å². The predicted octanol–water partition coefficient (Wildman–Crippen LogP) is 7.14. The molecule has 3 aromatic heterocycles. The number of rotatable bonds is 7. The van der Waals surface area contributed by atoms with Gasteiger partial charge in [-0.2, -0.15) is 18.3 Å². The number of amides is 1. The van der Waals surface area contributed by atoms with E-state index in [0.717, 1.165) is 33.5 Å². The number of alkyl halides is 3. The van der Waals surface area contributed by atoms with E-state index in [2.05, 4.69) is 20.4 Å². The average molecular weight is 655 g/mol. The van der Waals surface area contributed by atoms with Crippen LogP contribution in [0.5, 0.6) is 0 Å². The van der Waals surface area contributed by atoms with Crippen molar-refractivity contribution in [2.75, 3.05) is 16.8 Å². The largest absolute Gasteiger partial charge is 0.476 e. The van der Waals surface area contributed by atoms with Gasteiger partial charge < -0.3 is 10.0 Å². The van der Waals surface area contributed by atoms with E-state index in [0.29, 0.717) is 52.7 Å². The number of carboxylic acids is 1. The molecule has 4 heterocycles. The molecule has 0 saturated carbocycles. The number of halogens is 3. The van der Waals surface area contributed by atoms with Crippen LogP contribution in [0.1, 0.15) is 43.1 Å². The monoisotopic (exact) mass is 654 g/mol. The molecule has 3 aromatic carbocycles. The molecule has 0 atom stereocenters. The zero-order valence-electron chi connectivity index (χ0n) is 24.5. The Labute approximate surface area is 270 Å². The molecule has 9 nitrogen and oxygen atoms in total. The fourth-order valence-corrected chi connectivity index (χ4v) is 6.58. The van der Waals surface area contributed by atoms with Crippen LogP contribution in [0, 0.1) is 0 Å². The van der Waals surface area contributed by atoms with Gasteiger partial charge in [-0.3, -0.25) is 14.8 Å². The van der Waals surface area contributed by atoms with Gasteiger partial charge in [-0.25, -0.2) is 14.8 Å². The summed E-state index contributed by atoms with van der Waals surface area (Å²) in [5.41, 5.74) is 3.43. The molecule has 0 bridgehead atoms. The highest BCUT2D eigenvalue weighted by molar-refractivity contribution is 7.22. The van der Waals surface area contributed by atoms with Gasteiger partial charge in [-0.15, -0.1) is 0 Å². The van der Waals surface area contributed by atoms with Crippen molar-refractivity contribution in [2.24, 2.45) is 0 Å². The van der Waals surface area contributed by atoms with E-state index in [1.165, 1.54) is 28.3 Å². The predicted molar refractivity (Wildman–Crippen MR) is 172 cm³/mol. The number of pyridine rings is 1.